The van der Waals surface area contributed by atoms with Crippen molar-refractivity contribution in [2.45, 2.75) is 25.7 Å². The number of benzene rings is 2. The number of ether oxygens (including phenoxy) is 1. The van der Waals surface area contributed by atoms with Crippen LogP contribution in [0.1, 0.15) is 18.9 Å². The molecule has 2 aliphatic heterocycles. The third-order valence-corrected chi connectivity index (χ3v) is 8.63. The molecule has 1 amide bonds. The highest BCUT2D eigenvalue weighted by Gasteiger charge is 2.32. The number of amidine groups is 1. The number of amides is 1. The minimum atomic E-state index is -0.0111. The number of aryl methyl sites for hydroxylation is 1. The smallest absolute Gasteiger partial charge is 0.266 e. The predicted octanol–water partition coefficient (Wildman–Crippen LogP) is 6.55. The zero-order valence-electron chi connectivity index (χ0n) is 19.4. The molecule has 0 N–H and O–H groups in total. The van der Waals surface area contributed by atoms with Gasteiger partial charge in [0.2, 0.25) is 0 Å². The van der Waals surface area contributed by atoms with Gasteiger partial charge in [-0.1, -0.05) is 11.8 Å². The second-order valence-electron chi connectivity index (χ2n) is 7.65. The fourth-order valence-electron chi connectivity index (χ4n) is 3.90. The van der Waals surface area contributed by atoms with Crippen LogP contribution in [-0.4, -0.2) is 41.2 Å². The Morgan fingerprint density at radius 1 is 1.06 bits per heavy atom. The average Bonchev–Trinajstić information content (AvgIpc) is 3.48. The van der Waals surface area contributed by atoms with Crippen molar-refractivity contribution >= 4 is 67.5 Å². The second kappa shape index (κ2) is 9.48. The molecule has 0 atom stereocenters. The standard InChI is InChI=1S/C25H24N4O2S3/c1-5-28-19-14-17(31-4)8-10-20(19)33-23(28)12-11-21-24(30)29(6-2)25(34-21)27-16-7-9-18-22(13-16)32-15(3)26-18/h7-14H,5-6H2,1-4H3/b21-11-,23-12+,27-25?. The Bertz CT molecular complexity index is 1380. The van der Waals surface area contributed by atoms with Gasteiger partial charge in [0.1, 0.15) is 5.75 Å². The molecular weight excluding hydrogens is 485 g/mol. The van der Waals surface area contributed by atoms with Crippen molar-refractivity contribution in [2.24, 2.45) is 4.99 Å². The molecule has 3 aromatic rings. The Balaban J connectivity index is 1.42. The van der Waals surface area contributed by atoms with Crippen molar-refractivity contribution in [1.82, 2.24) is 9.88 Å². The number of thiazole rings is 1. The highest BCUT2D eigenvalue weighted by atomic mass is 32.2. The van der Waals surface area contributed by atoms with Gasteiger partial charge >= 0.3 is 0 Å². The summed E-state index contributed by atoms with van der Waals surface area (Å²) in [6, 6.07) is 12.1. The zero-order chi connectivity index (χ0) is 23.8. The Labute approximate surface area is 211 Å². The van der Waals surface area contributed by atoms with E-state index in [1.165, 1.54) is 16.7 Å². The van der Waals surface area contributed by atoms with Gasteiger partial charge in [0.25, 0.3) is 5.91 Å². The Kier molecular flexibility index (Phi) is 6.42. The Hall–Kier alpha value is -2.75. The Morgan fingerprint density at radius 3 is 2.65 bits per heavy atom. The van der Waals surface area contributed by atoms with E-state index in [1.807, 2.05) is 50.3 Å². The van der Waals surface area contributed by atoms with E-state index in [4.69, 9.17) is 9.73 Å². The molecule has 2 aliphatic rings. The number of anilines is 1. The summed E-state index contributed by atoms with van der Waals surface area (Å²) < 4.78 is 6.50. The summed E-state index contributed by atoms with van der Waals surface area (Å²) in [5, 5.41) is 2.83. The topological polar surface area (TPSA) is 58.0 Å². The molecule has 2 aromatic carbocycles. The lowest BCUT2D eigenvalue weighted by molar-refractivity contribution is -0.122. The molecule has 1 saturated heterocycles. The summed E-state index contributed by atoms with van der Waals surface area (Å²) >= 11 is 4.78. The summed E-state index contributed by atoms with van der Waals surface area (Å²) in [6.45, 7) is 7.50. The highest BCUT2D eigenvalue weighted by Crippen LogP contribution is 2.47. The van der Waals surface area contributed by atoms with Crippen LogP contribution in [0.2, 0.25) is 0 Å². The van der Waals surface area contributed by atoms with Gasteiger partial charge in [-0.25, -0.2) is 9.98 Å². The van der Waals surface area contributed by atoms with Crippen LogP contribution in [0.3, 0.4) is 0 Å². The van der Waals surface area contributed by atoms with Gasteiger partial charge in [0.05, 0.1) is 43.6 Å². The van der Waals surface area contributed by atoms with Crippen LogP contribution in [0.15, 0.2) is 68.4 Å². The van der Waals surface area contributed by atoms with E-state index in [9.17, 15) is 4.79 Å². The third-order valence-electron chi connectivity index (χ3n) is 5.54. The molecule has 5 rings (SSSR count). The van der Waals surface area contributed by atoms with Crippen LogP contribution in [0.4, 0.5) is 11.4 Å². The van der Waals surface area contributed by atoms with Crippen molar-refractivity contribution in [3.8, 4) is 5.75 Å². The monoisotopic (exact) mass is 508 g/mol. The van der Waals surface area contributed by atoms with Gasteiger partial charge in [-0.2, -0.15) is 0 Å². The number of methoxy groups -OCH3 is 1. The number of aromatic nitrogens is 1. The summed E-state index contributed by atoms with van der Waals surface area (Å²) in [6.07, 6.45) is 3.95. The van der Waals surface area contributed by atoms with Gasteiger partial charge in [-0.05, 0) is 75.0 Å². The molecule has 0 aliphatic carbocycles. The first-order valence-electron chi connectivity index (χ1n) is 11.0. The molecule has 6 nitrogen and oxygen atoms in total. The maximum Gasteiger partial charge on any atom is 0.266 e. The van der Waals surface area contributed by atoms with Gasteiger partial charge in [0, 0.05) is 24.1 Å². The molecule has 3 heterocycles. The van der Waals surface area contributed by atoms with E-state index in [2.05, 4.69) is 28.9 Å². The first kappa shape index (κ1) is 23.0. The summed E-state index contributed by atoms with van der Waals surface area (Å²) in [5.74, 6) is 0.827. The molecule has 9 heteroatoms. The molecule has 0 saturated carbocycles. The van der Waals surface area contributed by atoms with E-state index in [0.717, 1.165) is 43.9 Å². The molecule has 0 unspecified atom stereocenters. The van der Waals surface area contributed by atoms with Crippen LogP contribution in [0, 0.1) is 6.92 Å². The average molecular weight is 509 g/mol. The molecule has 1 fully saturated rings. The van der Waals surface area contributed by atoms with Crippen LogP contribution < -0.4 is 9.64 Å². The van der Waals surface area contributed by atoms with Crippen molar-refractivity contribution in [1.29, 1.82) is 0 Å². The number of likely N-dealkylation sites (N-methyl/N-ethyl adjacent to an activating group) is 1. The van der Waals surface area contributed by atoms with Crippen LogP contribution in [0.5, 0.6) is 5.75 Å². The van der Waals surface area contributed by atoms with Crippen molar-refractivity contribution < 1.29 is 9.53 Å². The maximum atomic E-state index is 13.1. The van der Waals surface area contributed by atoms with E-state index in [0.29, 0.717) is 16.6 Å². The number of aliphatic imine (C=N–C) groups is 1. The minimum Gasteiger partial charge on any atom is -0.497 e. The molecule has 0 radical (unpaired) electrons. The Morgan fingerprint density at radius 2 is 1.88 bits per heavy atom. The lowest BCUT2D eigenvalue weighted by Crippen LogP contribution is -2.28. The summed E-state index contributed by atoms with van der Waals surface area (Å²) in [7, 11) is 1.68. The number of hydrogen-bond donors (Lipinski definition) is 0. The number of allylic oxidation sites excluding steroid dienone is 2. The lowest BCUT2D eigenvalue weighted by atomic mass is 10.2. The van der Waals surface area contributed by atoms with E-state index in [-0.39, 0.29) is 5.91 Å². The first-order chi connectivity index (χ1) is 16.5. The molecular formula is C25H24N4O2S3. The first-order valence-corrected chi connectivity index (χ1v) is 13.5. The van der Waals surface area contributed by atoms with E-state index < -0.39 is 0 Å². The third kappa shape index (κ3) is 4.23. The SMILES string of the molecule is CCN1C(=O)/C(=C/C=C2/Sc3ccc(OC)cc3N2CC)SC1=Nc1ccc2nc(C)sc2c1. The van der Waals surface area contributed by atoms with E-state index >= 15 is 0 Å². The van der Waals surface area contributed by atoms with Gasteiger partial charge in [-0.3, -0.25) is 9.69 Å². The zero-order valence-corrected chi connectivity index (χ0v) is 21.8. The number of carbonyl (C=O) groups is 1. The van der Waals surface area contributed by atoms with Crippen molar-refractivity contribution in [3.05, 3.63) is 63.5 Å². The quantitative estimate of drug-likeness (QED) is 0.364. The highest BCUT2D eigenvalue weighted by molar-refractivity contribution is 8.18. The van der Waals surface area contributed by atoms with Crippen LogP contribution in [0.25, 0.3) is 10.2 Å². The largest absolute Gasteiger partial charge is 0.497 e. The molecule has 0 bridgehead atoms. The van der Waals surface area contributed by atoms with Crippen molar-refractivity contribution in [3.63, 3.8) is 0 Å². The van der Waals surface area contributed by atoms with Crippen molar-refractivity contribution in [2.75, 3.05) is 25.1 Å². The molecule has 1 aromatic heterocycles. The number of nitrogens with zero attached hydrogens (tertiary/aromatic N) is 4. The predicted molar refractivity (Wildman–Crippen MR) is 144 cm³/mol. The van der Waals surface area contributed by atoms with Gasteiger partial charge < -0.3 is 9.64 Å². The fourth-order valence-corrected chi connectivity index (χ4v) is 6.87. The van der Waals surface area contributed by atoms with Gasteiger partial charge in [-0.15, -0.1) is 11.3 Å². The number of carbonyl (C=O) groups excluding carboxylic acids is 1. The minimum absolute atomic E-state index is 0.0111. The van der Waals surface area contributed by atoms with E-state index in [1.54, 1.807) is 35.1 Å². The number of rotatable bonds is 5. The molecule has 0 spiro atoms. The number of hydrogen-bond acceptors (Lipinski definition) is 8. The molecule has 174 valence electrons. The fraction of sp³-hybridized carbons (Fsp3) is 0.240. The van der Waals surface area contributed by atoms with Crippen LogP contribution in [-0.2, 0) is 4.79 Å². The summed E-state index contributed by atoms with van der Waals surface area (Å²) in [4.78, 5) is 28.2. The lowest BCUT2D eigenvalue weighted by Gasteiger charge is -2.18. The van der Waals surface area contributed by atoms with Crippen LogP contribution >= 0.6 is 34.9 Å². The maximum absolute atomic E-state index is 13.1. The normalized spacial score (nSPS) is 19.3. The number of thioether (sulfide) groups is 2. The number of fused-ring (bicyclic) bond motifs is 2. The molecule has 34 heavy (non-hydrogen) atoms. The summed E-state index contributed by atoms with van der Waals surface area (Å²) in [5.41, 5.74) is 2.94. The second-order valence-corrected chi connectivity index (χ2v) is 11.0. The van der Waals surface area contributed by atoms with Gasteiger partial charge in [0.15, 0.2) is 5.17 Å².